The molecule has 0 aliphatic carbocycles. The van der Waals surface area contributed by atoms with E-state index in [1.807, 2.05) is 6.92 Å². The molecule has 3 N–H and O–H groups in total. The summed E-state index contributed by atoms with van der Waals surface area (Å²) in [5, 5.41) is 14.5. The van der Waals surface area contributed by atoms with Gasteiger partial charge in [0.1, 0.15) is 17.5 Å². The zero-order chi connectivity index (χ0) is 23.9. The van der Waals surface area contributed by atoms with Crippen LogP contribution in [0.3, 0.4) is 0 Å². The summed E-state index contributed by atoms with van der Waals surface area (Å²) in [6, 6.07) is 10.0. The zero-order valence-corrected chi connectivity index (χ0v) is 18.6. The van der Waals surface area contributed by atoms with E-state index in [-0.39, 0.29) is 11.1 Å². The molecule has 0 saturated heterocycles. The van der Waals surface area contributed by atoms with Gasteiger partial charge < -0.3 is 20.5 Å². The summed E-state index contributed by atoms with van der Waals surface area (Å²) in [6.07, 6.45) is 0.524. The molecule has 0 saturated carbocycles. The molecule has 0 spiro atoms. The maximum atomic E-state index is 13.8. The molecular formula is C24H29FN2O5. The predicted octanol–water partition coefficient (Wildman–Crippen LogP) is 4.75. The van der Waals surface area contributed by atoms with Gasteiger partial charge in [-0.1, -0.05) is 37.6 Å². The minimum absolute atomic E-state index is 0.138. The van der Waals surface area contributed by atoms with Crippen LogP contribution in [0.4, 0.5) is 9.18 Å². The van der Waals surface area contributed by atoms with Crippen LogP contribution in [0.15, 0.2) is 48.5 Å². The van der Waals surface area contributed by atoms with Gasteiger partial charge in [0.25, 0.3) is 0 Å². The largest absolute Gasteiger partial charge is 0.478 e. The third-order valence-electron chi connectivity index (χ3n) is 4.56. The average Bonchev–Trinajstić information content (AvgIpc) is 2.70. The van der Waals surface area contributed by atoms with Crippen LogP contribution in [-0.2, 0) is 9.53 Å². The van der Waals surface area contributed by atoms with Gasteiger partial charge in [0.15, 0.2) is 0 Å². The van der Waals surface area contributed by atoms with Crippen LogP contribution in [0.25, 0.3) is 0 Å². The van der Waals surface area contributed by atoms with E-state index in [2.05, 4.69) is 10.6 Å². The number of rotatable bonds is 8. The number of hydrogen-bond acceptors (Lipinski definition) is 4. The van der Waals surface area contributed by atoms with E-state index in [1.54, 1.807) is 39.0 Å². The first-order valence-electron chi connectivity index (χ1n) is 10.4. The molecule has 0 aromatic heterocycles. The molecular weight excluding hydrogens is 415 g/mol. The zero-order valence-electron chi connectivity index (χ0n) is 18.6. The fraction of sp³-hybridized carbons (Fsp3) is 0.375. The summed E-state index contributed by atoms with van der Waals surface area (Å²) >= 11 is 0. The second kappa shape index (κ2) is 10.7. The van der Waals surface area contributed by atoms with Crippen molar-refractivity contribution < 1.29 is 28.6 Å². The number of carboxylic acid groups (broad SMARTS) is 1. The normalized spacial score (nSPS) is 13.0. The van der Waals surface area contributed by atoms with Crippen LogP contribution < -0.4 is 10.6 Å². The number of benzene rings is 2. The van der Waals surface area contributed by atoms with E-state index in [0.717, 1.165) is 12.0 Å². The average molecular weight is 445 g/mol. The molecule has 0 radical (unpaired) electrons. The summed E-state index contributed by atoms with van der Waals surface area (Å²) in [6.45, 7) is 7.04. The van der Waals surface area contributed by atoms with Gasteiger partial charge in [-0.15, -0.1) is 0 Å². The van der Waals surface area contributed by atoms with E-state index >= 15 is 0 Å². The van der Waals surface area contributed by atoms with Crippen molar-refractivity contribution in [3.8, 4) is 0 Å². The van der Waals surface area contributed by atoms with Crippen LogP contribution in [0.5, 0.6) is 0 Å². The number of carbonyl (C=O) groups excluding carboxylic acids is 2. The third kappa shape index (κ3) is 7.37. The summed E-state index contributed by atoms with van der Waals surface area (Å²) in [5.74, 6) is -2.12. The van der Waals surface area contributed by atoms with E-state index in [9.17, 15) is 18.8 Å². The molecule has 32 heavy (non-hydrogen) atoms. The molecule has 2 rings (SSSR count). The molecule has 2 aromatic rings. The fourth-order valence-electron chi connectivity index (χ4n) is 3.14. The lowest BCUT2D eigenvalue weighted by atomic mass is 9.99. The Morgan fingerprint density at radius 3 is 2.22 bits per heavy atom. The molecule has 0 fully saturated rings. The monoisotopic (exact) mass is 444 g/mol. The fourth-order valence-corrected chi connectivity index (χ4v) is 3.14. The highest BCUT2D eigenvalue weighted by Gasteiger charge is 2.28. The van der Waals surface area contributed by atoms with Crippen molar-refractivity contribution in [3.63, 3.8) is 0 Å². The van der Waals surface area contributed by atoms with Crippen molar-refractivity contribution in [1.82, 2.24) is 10.6 Å². The van der Waals surface area contributed by atoms with E-state index in [0.29, 0.717) is 6.42 Å². The van der Waals surface area contributed by atoms with Crippen molar-refractivity contribution in [3.05, 3.63) is 71.0 Å². The molecule has 0 heterocycles. The highest BCUT2D eigenvalue weighted by molar-refractivity contribution is 5.88. The first kappa shape index (κ1) is 24.8. The molecule has 0 aliphatic rings. The number of alkyl carbamates (subject to hydrolysis) is 1. The Balaban J connectivity index is 2.29. The Bertz CT molecular complexity index is 954. The number of nitrogens with one attached hydrogen (secondary N) is 2. The van der Waals surface area contributed by atoms with Gasteiger partial charge in [0.2, 0.25) is 5.91 Å². The van der Waals surface area contributed by atoms with Crippen molar-refractivity contribution in [2.45, 2.75) is 58.2 Å². The number of hydrogen-bond donors (Lipinski definition) is 3. The molecule has 172 valence electrons. The topological polar surface area (TPSA) is 105 Å². The molecule has 8 heteroatoms. The lowest BCUT2D eigenvalue weighted by molar-refractivity contribution is -0.124. The van der Waals surface area contributed by atoms with Gasteiger partial charge in [-0.2, -0.15) is 0 Å². The van der Waals surface area contributed by atoms with Gasteiger partial charge in [0.05, 0.1) is 11.6 Å². The van der Waals surface area contributed by atoms with Gasteiger partial charge in [-0.05, 0) is 62.6 Å². The highest BCUT2D eigenvalue weighted by Crippen LogP contribution is 2.22. The van der Waals surface area contributed by atoms with Gasteiger partial charge in [0, 0.05) is 0 Å². The molecule has 7 nitrogen and oxygen atoms in total. The maximum absolute atomic E-state index is 13.8. The quantitative estimate of drug-likeness (QED) is 0.545. The van der Waals surface area contributed by atoms with Crippen LogP contribution in [0, 0.1) is 5.82 Å². The minimum atomic E-state index is -1.18. The summed E-state index contributed by atoms with van der Waals surface area (Å²) in [7, 11) is 0. The number of aromatic carboxylic acids is 1. The predicted molar refractivity (Wildman–Crippen MR) is 118 cm³/mol. The molecule has 1 unspecified atom stereocenters. The number of carbonyl (C=O) groups is 3. The van der Waals surface area contributed by atoms with Crippen molar-refractivity contribution in [2.24, 2.45) is 0 Å². The number of amides is 2. The lowest BCUT2D eigenvalue weighted by Gasteiger charge is -2.26. The second-order valence-corrected chi connectivity index (χ2v) is 8.41. The van der Waals surface area contributed by atoms with E-state index in [1.165, 1.54) is 30.3 Å². The second-order valence-electron chi connectivity index (χ2n) is 8.41. The molecule has 2 atom stereocenters. The van der Waals surface area contributed by atoms with E-state index in [4.69, 9.17) is 9.84 Å². The maximum Gasteiger partial charge on any atom is 0.408 e. The molecule has 0 bridgehead atoms. The van der Waals surface area contributed by atoms with Crippen LogP contribution in [0.2, 0.25) is 0 Å². The molecule has 0 aliphatic heterocycles. The standard InChI is InChI=1S/C24H29FN2O5/c1-5-7-19(15-10-12-16(13-11-15)22(29)30)26-21(28)20(17-8-6-9-18(25)14-17)27-23(31)32-24(2,3)4/h6,8-14,19-20H,5,7H2,1-4H3,(H,26,28)(H,27,31)(H,29,30)/t19-,20?/m1/s1. The van der Waals surface area contributed by atoms with Gasteiger partial charge >= 0.3 is 12.1 Å². The van der Waals surface area contributed by atoms with Crippen molar-refractivity contribution in [2.75, 3.05) is 0 Å². The Morgan fingerprint density at radius 1 is 1.03 bits per heavy atom. The molecule has 2 amide bonds. The van der Waals surface area contributed by atoms with Crippen LogP contribution >= 0.6 is 0 Å². The van der Waals surface area contributed by atoms with Crippen molar-refractivity contribution >= 4 is 18.0 Å². The summed E-state index contributed by atoms with van der Waals surface area (Å²) in [4.78, 5) is 36.7. The first-order chi connectivity index (χ1) is 15.0. The Hall–Kier alpha value is -3.42. The smallest absolute Gasteiger partial charge is 0.408 e. The number of halogens is 1. The minimum Gasteiger partial charge on any atom is -0.478 e. The van der Waals surface area contributed by atoms with Crippen LogP contribution in [0.1, 0.15) is 74.1 Å². The van der Waals surface area contributed by atoms with Gasteiger partial charge in [-0.3, -0.25) is 4.79 Å². The SMILES string of the molecule is CCC[C@@H](NC(=O)C(NC(=O)OC(C)(C)C)c1cccc(F)c1)c1ccc(C(=O)O)cc1. The van der Waals surface area contributed by atoms with E-state index < -0.39 is 41.5 Å². The summed E-state index contributed by atoms with van der Waals surface area (Å²) in [5.41, 5.74) is 0.355. The first-order valence-corrected chi connectivity index (χ1v) is 10.4. The summed E-state index contributed by atoms with van der Waals surface area (Å²) < 4.78 is 19.1. The van der Waals surface area contributed by atoms with Gasteiger partial charge in [-0.25, -0.2) is 14.0 Å². The number of carboxylic acids is 1. The Kier molecular flexibility index (Phi) is 8.34. The number of ether oxygens (including phenoxy) is 1. The molecule has 2 aromatic carbocycles. The lowest BCUT2D eigenvalue weighted by Crippen LogP contribution is -2.43. The Morgan fingerprint density at radius 2 is 1.69 bits per heavy atom. The third-order valence-corrected chi connectivity index (χ3v) is 4.56. The van der Waals surface area contributed by atoms with Crippen LogP contribution in [-0.4, -0.2) is 28.7 Å². The Labute approximate surface area is 187 Å². The highest BCUT2D eigenvalue weighted by atomic mass is 19.1. The van der Waals surface area contributed by atoms with Crippen molar-refractivity contribution in [1.29, 1.82) is 0 Å².